The van der Waals surface area contributed by atoms with Crippen molar-refractivity contribution in [2.24, 2.45) is 11.3 Å². The van der Waals surface area contributed by atoms with Crippen LogP contribution in [0.2, 0.25) is 0 Å². The molecule has 0 aromatic heterocycles. The first-order chi connectivity index (χ1) is 62.0. The number of hydrogen-bond donors (Lipinski definition) is 20. The highest BCUT2D eigenvalue weighted by molar-refractivity contribution is 5.82. The van der Waals surface area contributed by atoms with Crippen LogP contribution in [-0.4, -0.2) is 306 Å². The zero-order chi connectivity index (χ0) is 105. The van der Waals surface area contributed by atoms with Crippen molar-refractivity contribution in [1.29, 1.82) is 0 Å². The van der Waals surface area contributed by atoms with Crippen LogP contribution in [0, 0.1) is 11.3 Å². The van der Waals surface area contributed by atoms with Gasteiger partial charge in [0.05, 0.1) is 86.1 Å². The summed E-state index contributed by atoms with van der Waals surface area (Å²) in [7, 11) is 15.4. The van der Waals surface area contributed by atoms with Gasteiger partial charge in [-0.05, 0) is 161 Å². The molecule has 0 saturated heterocycles. The molecule has 0 aromatic carbocycles. The number of ether oxygens (including phenoxy) is 10. The lowest BCUT2D eigenvalue weighted by molar-refractivity contribution is -0.157. The third-order valence-electron chi connectivity index (χ3n) is 18.1. The molecule has 0 spiro atoms. The Morgan fingerprint density at radius 3 is 0.895 bits per heavy atom. The first-order valence-corrected chi connectivity index (χ1v) is 45.2. The van der Waals surface area contributed by atoms with Crippen LogP contribution in [0.25, 0.3) is 0 Å². The molecule has 0 heterocycles. The first-order valence-electron chi connectivity index (χ1n) is 45.2. The van der Waals surface area contributed by atoms with Gasteiger partial charge in [0.15, 0.2) is 0 Å². The summed E-state index contributed by atoms with van der Waals surface area (Å²) in [6, 6.07) is -2.68. The first kappa shape index (κ1) is 143. The second-order valence-corrected chi connectivity index (χ2v) is 31.3. The maximum atomic E-state index is 11.5. The molecule has 20 amide bonds. The highest BCUT2D eigenvalue weighted by atomic mass is 16.6. The molecule has 0 bridgehead atoms. The van der Waals surface area contributed by atoms with Crippen LogP contribution in [0.3, 0.4) is 0 Å². The van der Waals surface area contributed by atoms with E-state index in [0.717, 1.165) is 64.2 Å². The smallest absolute Gasteiger partial charge is 0.326 e. The Morgan fingerprint density at radius 1 is 0.263 bits per heavy atom. The van der Waals surface area contributed by atoms with Crippen LogP contribution in [0.5, 0.6) is 0 Å². The van der Waals surface area contributed by atoms with Gasteiger partial charge in [-0.3, -0.25) is 28.8 Å². The number of hydrogen-bond acceptors (Lipinski definition) is 26. The number of urea groups is 10. The van der Waals surface area contributed by atoms with E-state index in [-0.39, 0.29) is 179 Å². The zero-order valence-corrected chi connectivity index (χ0v) is 87.4. The van der Waals surface area contributed by atoms with Gasteiger partial charge in [-0.15, -0.1) is 0 Å². The summed E-state index contributed by atoms with van der Waals surface area (Å²) >= 11 is 0. The van der Waals surface area contributed by atoms with Crippen LogP contribution in [-0.2, 0) is 76.1 Å². The molecule has 0 radical (unpaired) electrons. The van der Waals surface area contributed by atoms with Gasteiger partial charge < -0.3 is 154 Å². The molecule has 0 aliphatic heterocycles. The lowest BCUT2D eigenvalue weighted by Crippen LogP contribution is -2.39. The molecule has 786 valence electrons. The Balaban J connectivity index is -0.000000158. The number of rotatable bonds is 46. The summed E-state index contributed by atoms with van der Waals surface area (Å²) in [6.45, 7) is 52.6. The monoisotopic (exact) mass is 1920 g/mol. The quantitative estimate of drug-likeness (QED) is 0.0121. The molecule has 20 N–H and O–H groups in total. The molecular weight excluding hydrogens is 1740 g/mol. The van der Waals surface area contributed by atoms with Crippen molar-refractivity contribution in [2.75, 3.05) is 163 Å². The van der Waals surface area contributed by atoms with E-state index in [9.17, 15) is 76.7 Å². The fourth-order valence-corrected chi connectivity index (χ4v) is 6.48. The maximum Gasteiger partial charge on any atom is 0.326 e. The highest BCUT2D eigenvalue weighted by Gasteiger charge is 2.27. The Hall–Kier alpha value is -10.6. The Morgan fingerprint density at radius 2 is 0.549 bits per heavy atom. The standard InChI is InChI=1S/2C10H20N2O3.3C9H18N2O3.C9H20N2O2.C8H16N2O3.2C8H18N2O2.C7H16N2O2/c1-5-10(2,3)8(13)15-7-6-12-9(14)11-4;1-5-10(2,3)15-8(13)6-7-12-9(14)11-4;1-5-9(2,3)14-7(12)6-11-8(13)10-4;1-4-7(2)8(12)14-6-5-11-9(13)10-3;1-4-7(2)14-8(12)5-6-11-9(13)10-3;1-5-9(2,3)13-7-6-11-8(12)10-4;1-4-6(2)13-7(11)5-10-8(12)9-3;1-5-8(2,3)12-6-10-7(11)9-4;1-4-7(2)12-6-5-10-8(11)9-3;1-4-6(2)11-5-9-7(10)8-3/h2*5-7H2,1-4H3,(H2,11,12,14);5-6H2,1-4H3,(H2,10,11,13);2*7H,4-6H2,1-3H3,(H2,10,11,13);5-7H2,1-4H3,(H2,10,11,12);6H,4-5H2,1-3H3,(H2,9,10,12);5-6H2,1-4H3,(H2,9,10,11);7H,4-6H2,1-3H3,(H2,9,10,11);6H,4-5H2,1-3H3,(H2,8,9,10). The molecule has 5 atom stereocenters. The minimum absolute atomic E-state index is 0.0532. The molecule has 0 fully saturated rings. The van der Waals surface area contributed by atoms with E-state index in [4.69, 9.17) is 47.4 Å². The zero-order valence-electron chi connectivity index (χ0n) is 87.4. The van der Waals surface area contributed by atoms with Gasteiger partial charge in [0.2, 0.25) is 0 Å². The van der Waals surface area contributed by atoms with Crippen molar-refractivity contribution in [3.63, 3.8) is 0 Å². The topological polar surface area (TPSA) is 606 Å². The lowest BCUT2D eigenvalue weighted by Gasteiger charge is -2.23. The Kier molecular flexibility index (Phi) is 98.6. The third kappa shape index (κ3) is 108. The van der Waals surface area contributed by atoms with Crippen LogP contribution < -0.4 is 106 Å². The third-order valence-corrected chi connectivity index (χ3v) is 18.1. The molecule has 0 aliphatic rings. The van der Waals surface area contributed by atoms with Crippen LogP contribution in [0.1, 0.15) is 250 Å². The molecule has 0 saturated carbocycles. The largest absolute Gasteiger partial charge is 0.464 e. The molecule has 46 nitrogen and oxygen atoms in total. The average Bonchev–Trinajstić information content (AvgIpc) is 0.887. The fourth-order valence-electron chi connectivity index (χ4n) is 6.48. The molecule has 46 heteroatoms. The summed E-state index contributed by atoms with van der Waals surface area (Å²) in [5.74, 6) is -1.95. The lowest BCUT2D eigenvalue weighted by atomic mass is 9.91. The number of nitrogens with one attached hydrogen (secondary N) is 20. The summed E-state index contributed by atoms with van der Waals surface area (Å²) < 4.78 is 51.6. The van der Waals surface area contributed by atoms with Gasteiger partial charge in [-0.25, -0.2) is 47.9 Å². The highest BCUT2D eigenvalue weighted by Crippen LogP contribution is 2.21. The average molecular weight is 1920 g/mol. The predicted octanol–water partition coefficient (Wildman–Crippen LogP) is 7.61. The summed E-state index contributed by atoms with van der Waals surface area (Å²) in [5.41, 5.74) is -1.61. The molecule has 0 aromatic rings. The second-order valence-electron chi connectivity index (χ2n) is 31.3. The molecular formula is C87H182N20O26. The number of carbonyl (C=O) groups is 16. The SMILES string of the molecule is CCC(C)(C)C(=O)OCCNC(=O)NC.CCC(C)(C)OC(=O)CCNC(=O)NC.CCC(C)(C)OC(=O)CNC(=O)NC.CCC(C)(C)OCCNC(=O)NC.CCC(C)(C)OCNC(=O)NC.CCC(C)C(=O)OCCNC(=O)NC.CCC(C)OC(=O)CCNC(=O)NC.CCC(C)OC(=O)CNC(=O)NC.CCC(C)OCCNC(=O)NC.CCC(C)OCNC(=O)NC. The van der Waals surface area contributed by atoms with Gasteiger partial charge in [-0.1, -0.05) is 76.2 Å². The van der Waals surface area contributed by atoms with Crippen molar-refractivity contribution in [3.8, 4) is 0 Å². The summed E-state index contributed by atoms with van der Waals surface area (Å²) in [4.78, 5) is 174. The van der Waals surface area contributed by atoms with Crippen LogP contribution >= 0.6 is 0 Å². The van der Waals surface area contributed by atoms with E-state index in [1.54, 1.807) is 35.1 Å². The second kappa shape index (κ2) is 91.8. The molecule has 0 rings (SSSR count). The van der Waals surface area contributed by atoms with E-state index < -0.39 is 34.6 Å². The Bertz CT molecular complexity index is 3090. The normalized spacial score (nSPS) is 11.3. The summed E-state index contributed by atoms with van der Waals surface area (Å²) in [6.07, 6.45) is 9.13. The molecule has 5 unspecified atom stereocenters. The molecule has 0 aliphatic carbocycles. The number of amides is 20. The Labute approximate surface area is 794 Å². The minimum atomic E-state index is -0.471. The van der Waals surface area contributed by atoms with Crippen molar-refractivity contribution in [2.45, 2.75) is 297 Å². The van der Waals surface area contributed by atoms with Crippen molar-refractivity contribution in [1.82, 2.24) is 106 Å². The van der Waals surface area contributed by atoms with Gasteiger partial charge in [-0.2, -0.15) is 0 Å². The van der Waals surface area contributed by atoms with Crippen LogP contribution in [0.15, 0.2) is 0 Å². The molecule has 133 heavy (non-hydrogen) atoms. The fraction of sp³-hybridized carbons (Fsp3) is 0.816. The van der Waals surface area contributed by atoms with Gasteiger partial charge in [0.25, 0.3) is 0 Å². The van der Waals surface area contributed by atoms with E-state index in [1.807, 2.05) is 152 Å². The minimum Gasteiger partial charge on any atom is -0.464 e. The van der Waals surface area contributed by atoms with Crippen molar-refractivity contribution >= 4 is 96.1 Å². The van der Waals surface area contributed by atoms with E-state index >= 15 is 0 Å². The van der Waals surface area contributed by atoms with Crippen LogP contribution in [0.4, 0.5) is 47.9 Å². The maximum absolute atomic E-state index is 11.5. The van der Waals surface area contributed by atoms with E-state index in [0.29, 0.717) is 45.9 Å². The van der Waals surface area contributed by atoms with Crippen molar-refractivity contribution < 1.29 is 124 Å². The number of esters is 6. The predicted molar refractivity (Wildman–Crippen MR) is 514 cm³/mol. The van der Waals surface area contributed by atoms with Gasteiger partial charge in [0.1, 0.15) is 51.0 Å². The van der Waals surface area contributed by atoms with Gasteiger partial charge in [0, 0.05) is 96.7 Å². The van der Waals surface area contributed by atoms with E-state index in [2.05, 4.69) is 120 Å². The van der Waals surface area contributed by atoms with Gasteiger partial charge >= 0.3 is 96.1 Å². The van der Waals surface area contributed by atoms with E-state index in [1.165, 1.54) is 42.3 Å². The van der Waals surface area contributed by atoms with Crippen molar-refractivity contribution in [3.05, 3.63) is 0 Å². The summed E-state index contributed by atoms with van der Waals surface area (Å²) in [5, 5.41) is 49.2. The number of carbonyl (C=O) groups excluding carboxylic acids is 16.